The maximum absolute atomic E-state index is 13.7. The lowest BCUT2D eigenvalue weighted by Gasteiger charge is -2.21. The van der Waals surface area contributed by atoms with E-state index in [-0.39, 0.29) is 23.7 Å². The highest BCUT2D eigenvalue weighted by molar-refractivity contribution is 6.36. The van der Waals surface area contributed by atoms with E-state index in [9.17, 15) is 19.2 Å². The van der Waals surface area contributed by atoms with Crippen LogP contribution in [0.2, 0.25) is 0 Å². The zero-order valence-corrected chi connectivity index (χ0v) is 25.0. The predicted octanol–water partition coefficient (Wildman–Crippen LogP) is 7.64. The third-order valence-electron chi connectivity index (χ3n) is 8.29. The Morgan fingerprint density at radius 3 is 1.44 bits per heavy atom. The molecule has 0 N–H and O–H groups in total. The van der Waals surface area contributed by atoms with Crippen LogP contribution in [-0.2, 0) is 0 Å². The van der Waals surface area contributed by atoms with Crippen LogP contribution in [-0.4, -0.2) is 30.2 Å². The number of amides is 4. The van der Waals surface area contributed by atoms with E-state index < -0.39 is 23.6 Å². The van der Waals surface area contributed by atoms with Gasteiger partial charge in [0.1, 0.15) is 5.75 Å². The molecule has 0 unspecified atom stereocenters. The van der Waals surface area contributed by atoms with Gasteiger partial charge in [0.2, 0.25) is 0 Å². The Morgan fingerprint density at radius 2 is 0.933 bits per heavy atom. The third-order valence-corrected chi connectivity index (χ3v) is 8.29. The molecule has 0 bridgehead atoms. The lowest BCUT2D eigenvalue weighted by molar-refractivity contribution is 0.0908. The number of hydrogen-bond donors (Lipinski definition) is 0. The van der Waals surface area contributed by atoms with Gasteiger partial charge in [0, 0.05) is 6.07 Å². The van der Waals surface area contributed by atoms with Crippen LogP contribution >= 0.6 is 0 Å². The van der Waals surface area contributed by atoms with Gasteiger partial charge in [0.15, 0.2) is 0 Å². The van der Waals surface area contributed by atoms with Crippen LogP contribution < -0.4 is 14.5 Å². The van der Waals surface area contributed by atoms with E-state index >= 15 is 0 Å². The Hall–Kier alpha value is -5.82. The van der Waals surface area contributed by atoms with E-state index in [1.54, 1.807) is 43.3 Å². The molecule has 2 aliphatic heterocycles. The molecular formula is C38H28N2O5. The van der Waals surface area contributed by atoms with Crippen LogP contribution in [0.25, 0.3) is 22.3 Å². The van der Waals surface area contributed by atoms with E-state index in [1.807, 2.05) is 74.5 Å². The average molecular weight is 593 g/mol. The molecule has 0 aromatic heterocycles. The first kappa shape index (κ1) is 28.0. The molecule has 0 atom stereocenters. The normalized spacial score (nSPS) is 13.8. The fourth-order valence-corrected chi connectivity index (χ4v) is 5.88. The van der Waals surface area contributed by atoms with Gasteiger partial charge in [-0.2, -0.15) is 0 Å². The van der Waals surface area contributed by atoms with Crippen LogP contribution in [0.3, 0.4) is 0 Å². The molecule has 7 heteroatoms. The molecule has 2 aliphatic rings. The highest BCUT2D eigenvalue weighted by Gasteiger charge is 2.40. The summed E-state index contributed by atoms with van der Waals surface area (Å²) in [5.41, 5.74) is 7.52. The SMILES string of the molecule is CCOc1cc(N2C(=O)c3ccc(-c4ccc(C)cc4)cc3C2=O)ccc1N1C(=O)c2ccc(-c3ccc(C)cc3)cc2C1=O. The van der Waals surface area contributed by atoms with Crippen molar-refractivity contribution in [3.05, 3.63) is 137 Å². The highest BCUT2D eigenvalue weighted by atomic mass is 16.5. The molecule has 0 saturated carbocycles. The van der Waals surface area contributed by atoms with Crippen LogP contribution in [0.4, 0.5) is 11.4 Å². The molecule has 0 aliphatic carbocycles. The lowest BCUT2D eigenvalue weighted by Crippen LogP contribution is -2.31. The fourth-order valence-electron chi connectivity index (χ4n) is 5.88. The van der Waals surface area contributed by atoms with Gasteiger partial charge < -0.3 is 4.74 Å². The summed E-state index contributed by atoms with van der Waals surface area (Å²) in [7, 11) is 0. The first-order valence-electron chi connectivity index (χ1n) is 14.7. The zero-order chi connectivity index (χ0) is 31.4. The molecule has 7 rings (SSSR count). The van der Waals surface area contributed by atoms with E-state index in [1.165, 1.54) is 6.07 Å². The molecule has 2 heterocycles. The van der Waals surface area contributed by atoms with Crippen molar-refractivity contribution >= 4 is 35.0 Å². The van der Waals surface area contributed by atoms with Crippen molar-refractivity contribution in [2.24, 2.45) is 0 Å². The second-order valence-electron chi connectivity index (χ2n) is 11.2. The van der Waals surface area contributed by atoms with Crippen molar-refractivity contribution in [1.82, 2.24) is 0 Å². The summed E-state index contributed by atoms with van der Waals surface area (Å²) in [5.74, 6) is -1.64. The van der Waals surface area contributed by atoms with E-state index in [0.29, 0.717) is 22.3 Å². The Bertz CT molecular complexity index is 2060. The number of ether oxygens (including phenoxy) is 1. The summed E-state index contributed by atoms with van der Waals surface area (Å²) in [6, 6.07) is 31.0. The third kappa shape index (κ3) is 4.60. The van der Waals surface area contributed by atoms with Crippen molar-refractivity contribution < 1.29 is 23.9 Å². The number of imide groups is 2. The molecule has 45 heavy (non-hydrogen) atoms. The number of nitrogens with zero attached hydrogens (tertiary/aromatic N) is 2. The number of carbonyl (C=O) groups excluding carboxylic acids is 4. The minimum atomic E-state index is -0.470. The summed E-state index contributed by atoms with van der Waals surface area (Å²) >= 11 is 0. The summed E-state index contributed by atoms with van der Waals surface area (Å²) < 4.78 is 5.89. The molecule has 220 valence electrons. The maximum atomic E-state index is 13.7. The molecular weight excluding hydrogens is 564 g/mol. The van der Waals surface area contributed by atoms with Crippen molar-refractivity contribution in [1.29, 1.82) is 0 Å². The molecule has 4 amide bonds. The molecule has 0 fully saturated rings. The quantitative estimate of drug-likeness (QED) is 0.189. The Balaban J connectivity index is 1.22. The number of hydrogen-bond acceptors (Lipinski definition) is 5. The minimum Gasteiger partial charge on any atom is -0.492 e. The van der Waals surface area contributed by atoms with Gasteiger partial charge in [-0.25, -0.2) is 9.80 Å². The second kappa shape index (κ2) is 10.7. The second-order valence-corrected chi connectivity index (χ2v) is 11.2. The molecule has 5 aromatic carbocycles. The molecule has 7 nitrogen and oxygen atoms in total. The van der Waals surface area contributed by atoms with Crippen LogP contribution in [0.5, 0.6) is 5.75 Å². The fraction of sp³-hybridized carbons (Fsp3) is 0.105. The number of fused-ring (bicyclic) bond motifs is 2. The first-order chi connectivity index (χ1) is 21.7. The van der Waals surface area contributed by atoms with Gasteiger partial charge in [-0.1, -0.05) is 71.8 Å². The number of benzene rings is 5. The Morgan fingerprint density at radius 1 is 0.489 bits per heavy atom. The number of anilines is 2. The first-order valence-corrected chi connectivity index (χ1v) is 14.7. The van der Waals surface area contributed by atoms with E-state index in [4.69, 9.17) is 4.74 Å². The van der Waals surface area contributed by atoms with Crippen LogP contribution in [0.1, 0.15) is 59.5 Å². The number of rotatable bonds is 6. The zero-order valence-electron chi connectivity index (χ0n) is 25.0. The molecule has 0 spiro atoms. The van der Waals surface area contributed by atoms with Crippen molar-refractivity contribution in [3.63, 3.8) is 0 Å². The van der Waals surface area contributed by atoms with E-state index in [2.05, 4.69) is 0 Å². The van der Waals surface area contributed by atoms with Gasteiger partial charge in [-0.15, -0.1) is 0 Å². The smallest absolute Gasteiger partial charge is 0.266 e. The number of carbonyl (C=O) groups is 4. The minimum absolute atomic E-state index is 0.208. The van der Waals surface area contributed by atoms with Gasteiger partial charge in [-0.05, 0) is 79.4 Å². The van der Waals surface area contributed by atoms with Crippen LogP contribution in [0, 0.1) is 13.8 Å². The van der Waals surface area contributed by atoms with Gasteiger partial charge in [0.05, 0.1) is 40.2 Å². The lowest BCUT2D eigenvalue weighted by atomic mass is 9.99. The van der Waals surface area contributed by atoms with Crippen molar-refractivity contribution in [2.75, 3.05) is 16.4 Å². The molecule has 0 saturated heterocycles. The largest absolute Gasteiger partial charge is 0.492 e. The van der Waals surface area contributed by atoms with Crippen LogP contribution in [0.15, 0.2) is 103 Å². The van der Waals surface area contributed by atoms with E-state index in [0.717, 1.165) is 43.2 Å². The van der Waals surface area contributed by atoms with Gasteiger partial charge in [0.25, 0.3) is 23.6 Å². The number of aryl methyl sites for hydroxylation is 2. The molecule has 5 aromatic rings. The Kier molecular flexibility index (Phi) is 6.66. The summed E-state index contributed by atoms with van der Waals surface area (Å²) in [5, 5.41) is 0. The average Bonchev–Trinajstić information content (AvgIpc) is 3.45. The maximum Gasteiger partial charge on any atom is 0.266 e. The summed E-state index contributed by atoms with van der Waals surface area (Å²) in [4.78, 5) is 56.5. The molecule has 0 radical (unpaired) electrons. The monoisotopic (exact) mass is 592 g/mol. The standard InChI is InChI=1S/C38H28N2O5/c1-4-45-34-21-28(39-35(41)29-16-13-26(19-31(29)37(39)43)24-9-5-22(2)6-10-24)15-18-33(34)40-36(42)30-17-14-27(20-32(30)38(40)44)25-11-7-23(3)8-12-25/h5-21H,4H2,1-3H3. The van der Waals surface area contributed by atoms with Gasteiger partial charge in [-0.3, -0.25) is 19.2 Å². The van der Waals surface area contributed by atoms with Crippen molar-refractivity contribution in [2.45, 2.75) is 20.8 Å². The van der Waals surface area contributed by atoms with Crippen molar-refractivity contribution in [3.8, 4) is 28.0 Å². The Labute approximate surface area is 260 Å². The predicted molar refractivity (Wildman–Crippen MR) is 173 cm³/mol. The highest BCUT2D eigenvalue weighted by Crippen LogP contribution is 2.40. The summed E-state index contributed by atoms with van der Waals surface area (Å²) in [6.45, 7) is 6.02. The topological polar surface area (TPSA) is 84.0 Å². The summed E-state index contributed by atoms with van der Waals surface area (Å²) in [6.07, 6.45) is 0. The van der Waals surface area contributed by atoms with Gasteiger partial charge >= 0.3 is 0 Å².